The highest BCUT2D eigenvalue weighted by atomic mass is 32.2. The first-order chi connectivity index (χ1) is 9.84. The smallest absolute Gasteiger partial charge is 0.235 e. The highest BCUT2D eigenvalue weighted by molar-refractivity contribution is 7.88. The summed E-state index contributed by atoms with van der Waals surface area (Å²) in [5, 5.41) is 2.62. The van der Waals surface area contributed by atoms with Crippen molar-refractivity contribution in [1.29, 1.82) is 0 Å². The summed E-state index contributed by atoms with van der Waals surface area (Å²) in [4.78, 5) is 11.8. The van der Waals surface area contributed by atoms with Crippen molar-refractivity contribution >= 4 is 15.9 Å². The van der Waals surface area contributed by atoms with Crippen LogP contribution in [-0.2, 0) is 26.1 Å². The van der Waals surface area contributed by atoms with Gasteiger partial charge in [-0.05, 0) is 18.1 Å². The van der Waals surface area contributed by atoms with Crippen molar-refractivity contribution in [3.8, 4) is 0 Å². The van der Waals surface area contributed by atoms with Gasteiger partial charge in [0.25, 0.3) is 0 Å². The topological polar surface area (TPSA) is 75.7 Å². The lowest BCUT2D eigenvalue weighted by molar-refractivity contribution is -0.121. The van der Waals surface area contributed by atoms with Crippen LogP contribution in [0.4, 0.5) is 0 Å². The second-order valence-corrected chi connectivity index (χ2v) is 6.78. The van der Waals surface area contributed by atoms with Crippen LogP contribution in [0.2, 0.25) is 0 Å². The Morgan fingerprint density at radius 2 is 2.00 bits per heavy atom. The zero-order chi connectivity index (χ0) is 15.9. The first kappa shape index (κ1) is 17.6. The number of amides is 1. The number of aryl methyl sites for hydroxylation is 1. The Morgan fingerprint density at radius 3 is 2.57 bits per heavy atom. The van der Waals surface area contributed by atoms with Gasteiger partial charge in [0.1, 0.15) is 0 Å². The zero-order valence-corrected chi connectivity index (χ0v) is 13.4. The molecule has 7 heteroatoms. The molecule has 0 atom stereocenters. The summed E-state index contributed by atoms with van der Waals surface area (Å²) in [5.74, 6) is -0.342. The molecule has 0 saturated carbocycles. The Balaban J connectivity index is 2.74. The number of hydrogen-bond donors (Lipinski definition) is 1. The van der Waals surface area contributed by atoms with Gasteiger partial charge in [0.15, 0.2) is 0 Å². The number of methoxy groups -OCH3 is 1. The van der Waals surface area contributed by atoms with Crippen molar-refractivity contribution in [1.82, 2.24) is 9.62 Å². The maximum atomic E-state index is 11.8. The van der Waals surface area contributed by atoms with Crippen molar-refractivity contribution in [2.75, 3.05) is 33.1 Å². The fourth-order valence-corrected chi connectivity index (χ4v) is 2.50. The van der Waals surface area contributed by atoms with Crippen LogP contribution in [0.15, 0.2) is 24.3 Å². The molecule has 0 unspecified atom stereocenters. The second kappa shape index (κ2) is 8.11. The monoisotopic (exact) mass is 314 g/mol. The molecule has 1 aromatic rings. The van der Waals surface area contributed by atoms with Crippen molar-refractivity contribution in [2.24, 2.45) is 0 Å². The SMILES string of the molecule is COCCNC(=O)CN(Cc1ccccc1C)S(C)(=O)=O. The van der Waals surface area contributed by atoms with Gasteiger partial charge in [-0.1, -0.05) is 24.3 Å². The quantitative estimate of drug-likeness (QED) is 0.710. The molecular weight excluding hydrogens is 292 g/mol. The predicted molar refractivity (Wildman–Crippen MR) is 81.3 cm³/mol. The number of nitrogens with one attached hydrogen (secondary N) is 1. The summed E-state index contributed by atoms with van der Waals surface area (Å²) >= 11 is 0. The van der Waals surface area contributed by atoms with Crippen molar-refractivity contribution in [3.05, 3.63) is 35.4 Å². The Labute approximate surface area is 126 Å². The van der Waals surface area contributed by atoms with E-state index >= 15 is 0 Å². The van der Waals surface area contributed by atoms with E-state index in [0.29, 0.717) is 13.2 Å². The maximum absolute atomic E-state index is 11.8. The van der Waals surface area contributed by atoms with Crippen LogP contribution in [0.5, 0.6) is 0 Å². The highest BCUT2D eigenvalue weighted by Crippen LogP contribution is 2.12. The minimum Gasteiger partial charge on any atom is -0.383 e. The minimum atomic E-state index is -3.46. The van der Waals surface area contributed by atoms with Crippen molar-refractivity contribution in [2.45, 2.75) is 13.5 Å². The van der Waals surface area contributed by atoms with E-state index in [1.165, 1.54) is 7.11 Å². The lowest BCUT2D eigenvalue weighted by atomic mass is 10.1. The third-order valence-electron chi connectivity index (χ3n) is 3.03. The molecule has 0 aliphatic heterocycles. The first-order valence-electron chi connectivity index (χ1n) is 6.60. The zero-order valence-electron chi connectivity index (χ0n) is 12.6. The van der Waals surface area contributed by atoms with Crippen molar-refractivity contribution < 1.29 is 17.9 Å². The van der Waals surface area contributed by atoms with Gasteiger partial charge in [0.2, 0.25) is 15.9 Å². The Morgan fingerprint density at radius 1 is 1.33 bits per heavy atom. The molecule has 0 aliphatic rings. The summed E-state index contributed by atoms with van der Waals surface area (Å²) in [6.45, 7) is 2.65. The largest absolute Gasteiger partial charge is 0.383 e. The average molecular weight is 314 g/mol. The molecular formula is C14H22N2O4S. The number of carbonyl (C=O) groups is 1. The van der Waals surface area contributed by atoms with Crippen LogP contribution < -0.4 is 5.32 Å². The van der Waals surface area contributed by atoms with E-state index < -0.39 is 10.0 Å². The molecule has 1 rings (SSSR count). The predicted octanol–water partition coefficient (Wildman–Crippen LogP) is 0.519. The van der Waals surface area contributed by atoms with E-state index in [9.17, 15) is 13.2 Å². The van der Waals surface area contributed by atoms with Crippen LogP contribution >= 0.6 is 0 Å². The summed E-state index contributed by atoms with van der Waals surface area (Å²) in [6.07, 6.45) is 1.10. The molecule has 6 nitrogen and oxygen atoms in total. The van der Waals surface area contributed by atoms with Gasteiger partial charge in [-0.3, -0.25) is 4.79 Å². The fraction of sp³-hybridized carbons (Fsp3) is 0.500. The molecule has 21 heavy (non-hydrogen) atoms. The van der Waals surface area contributed by atoms with Gasteiger partial charge in [-0.2, -0.15) is 4.31 Å². The van der Waals surface area contributed by atoms with E-state index in [4.69, 9.17) is 4.74 Å². The normalized spacial score (nSPS) is 11.6. The minimum absolute atomic E-state index is 0.184. The van der Waals surface area contributed by atoms with E-state index in [1.807, 2.05) is 31.2 Å². The van der Waals surface area contributed by atoms with E-state index in [1.54, 1.807) is 0 Å². The molecule has 118 valence electrons. The third kappa shape index (κ3) is 6.24. The van der Waals surface area contributed by atoms with Gasteiger partial charge in [0.05, 0.1) is 19.4 Å². The molecule has 0 bridgehead atoms. The summed E-state index contributed by atoms with van der Waals surface area (Å²) in [6, 6.07) is 7.51. The molecule has 1 aromatic carbocycles. The molecule has 0 radical (unpaired) electrons. The van der Waals surface area contributed by atoms with Gasteiger partial charge >= 0.3 is 0 Å². The van der Waals surface area contributed by atoms with Gasteiger partial charge in [-0.15, -0.1) is 0 Å². The molecule has 0 heterocycles. The van der Waals surface area contributed by atoms with Crippen LogP contribution in [0.25, 0.3) is 0 Å². The van der Waals surface area contributed by atoms with E-state index in [-0.39, 0.29) is 19.0 Å². The van der Waals surface area contributed by atoms with E-state index in [2.05, 4.69) is 5.32 Å². The summed E-state index contributed by atoms with van der Waals surface area (Å²) in [7, 11) is -1.93. The standard InChI is InChI=1S/C14H22N2O4S/c1-12-6-4-5-7-13(12)10-16(21(3,18)19)11-14(17)15-8-9-20-2/h4-7H,8-11H2,1-3H3,(H,15,17). The van der Waals surface area contributed by atoms with Gasteiger partial charge in [0, 0.05) is 20.2 Å². The van der Waals surface area contributed by atoms with Crippen molar-refractivity contribution in [3.63, 3.8) is 0 Å². The van der Waals surface area contributed by atoms with Crippen LogP contribution in [0.3, 0.4) is 0 Å². The number of benzene rings is 1. The number of nitrogens with zero attached hydrogens (tertiary/aromatic N) is 1. The maximum Gasteiger partial charge on any atom is 0.235 e. The van der Waals surface area contributed by atoms with Crippen LogP contribution in [0.1, 0.15) is 11.1 Å². The Hall–Kier alpha value is -1.44. The van der Waals surface area contributed by atoms with Gasteiger partial charge < -0.3 is 10.1 Å². The number of hydrogen-bond acceptors (Lipinski definition) is 4. The molecule has 1 N–H and O–H groups in total. The fourth-order valence-electron chi connectivity index (χ4n) is 1.78. The number of sulfonamides is 1. The number of ether oxygens (including phenoxy) is 1. The highest BCUT2D eigenvalue weighted by Gasteiger charge is 2.20. The molecule has 0 aliphatic carbocycles. The lowest BCUT2D eigenvalue weighted by Gasteiger charge is -2.20. The Bertz CT molecular complexity index is 572. The average Bonchev–Trinajstić information content (AvgIpc) is 2.39. The van der Waals surface area contributed by atoms with Gasteiger partial charge in [-0.25, -0.2) is 8.42 Å². The summed E-state index contributed by atoms with van der Waals surface area (Å²) in [5.41, 5.74) is 1.87. The number of rotatable bonds is 8. The molecule has 0 fully saturated rings. The van der Waals surface area contributed by atoms with E-state index in [0.717, 1.165) is 21.7 Å². The lowest BCUT2D eigenvalue weighted by Crippen LogP contribution is -2.40. The number of carbonyl (C=O) groups excluding carboxylic acids is 1. The molecule has 0 spiro atoms. The van der Waals surface area contributed by atoms with Crippen LogP contribution in [0, 0.1) is 6.92 Å². The summed E-state index contributed by atoms with van der Waals surface area (Å²) < 4.78 is 29.7. The van der Waals surface area contributed by atoms with Crippen LogP contribution in [-0.4, -0.2) is 51.7 Å². The second-order valence-electron chi connectivity index (χ2n) is 4.80. The molecule has 1 amide bonds. The third-order valence-corrected chi connectivity index (χ3v) is 4.22. The Kier molecular flexibility index (Phi) is 6.80. The molecule has 0 aromatic heterocycles. The molecule has 0 saturated heterocycles. The first-order valence-corrected chi connectivity index (χ1v) is 8.44.